The Morgan fingerprint density at radius 3 is 2.62 bits per heavy atom. The second-order valence-electron chi connectivity index (χ2n) is 8.28. The van der Waals surface area contributed by atoms with Crippen LogP contribution in [0.3, 0.4) is 0 Å². The van der Waals surface area contributed by atoms with Crippen molar-refractivity contribution >= 4 is 34.1 Å². The number of nitrogens with one attached hydrogen (secondary N) is 2. The largest absolute Gasteiger partial charge is 0.486 e. The van der Waals surface area contributed by atoms with Crippen molar-refractivity contribution in [2.24, 2.45) is 5.92 Å². The molecule has 2 atom stereocenters. The van der Waals surface area contributed by atoms with Crippen LogP contribution in [0.2, 0.25) is 0 Å². The van der Waals surface area contributed by atoms with Crippen LogP contribution in [0.15, 0.2) is 54.6 Å². The Morgan fingerprint density at radius 2 is 1.79 bits per heavy atom. The molecule has 2 N–H and O–H groups in total. The average Bonchev–Trinajstić information content (AvgIpc) is 3.25. The summed E-state index contributed by atoms with van der Waals surface area (Å²) in [6.07, 6.45) is 0.382. The molecule has 5 rings (SSSR count). The van der Waals surface area contributed by atoms with Crippen molar-refractivity contribution in [3.63, 3.8) is 0 Å². The van der Waals surface area contributed by atoms with Crippen LogP contribution < -0.4 is 20.1 Å². The summed E-state index contributed by atoms with van der Waals surface area (Å²) in [5.41, 5.74) is 1.45. The molecule has 8 nitrogen and oxygen atoms in total. The monoisotopic (exact) mass is 477 g/mol. The molecule has 0 fully saturated rings. The number of benzene rings is 2. The van der Waals surface area contributed by atoms with Gasteiger partial charge in [-0.25, -0.2) is 4.98 Å². The molecule has 174 valence electrons. The maximum Gasteiger partial charge on any atom is 0.230 e. The number of amides is 2. The lowest BCUT2D eigenvalue weighted by atomic mass is 9.89. The number of hydrogen-bond acceptors (Lipinski definition) is 7. The number of para-hydroxylation sites is 2. The number of ketones is 1. The van der Waals surface area contributed by atoms with Crippen molar-refractivity contribution in [3.8, 4) is 11.5 Å². The standard InChI is InChI=1S/C25H23N3O5S/c29-19-12-16(24(31)26-13-17-14-32-20-8-4-5-9-21(20)33-17)11-18-23(19)34-25(27-18)28-22(30)10-15-6-2-1-3-7-15/h1-9,16-17H,10-14H2,(H,26,31)(H,27,28,30)/t16-,17-/m1/s1. The Kier molecular flexibility index (Phi) is 6.27. The summed E-state index contributed by atoms with van der Waals surface area (Å²) in [4.78, 5) is 42.7. The molecule has 3 aromatic rings. The third-order valence-electron chi connectivity index (χ3n) is 5.72. The van der Waals surface area contributed by atoms with Gasteiger partial charge in [-0.1, -0.05) is 53.8 Å². The van der Waals surface area contributed by atoms with E-state index in [4.69, 9.17) is 9.47 Å². The molecule has 2 heterocycles. The van der Waals surface area contributed by atoms with Crippen molar-refractivity contribution in [3.05, 3.63) is 70.7 Å². The van der Waals surface area contributed by atoms with Gasteiger partial charge in [-0.05, 0) is 17.7 Å². The summed E-state index contributed by atoms with van der Waals surface area (Å²) >= 11 is 1.16. The van der Waals surface area contributed by atoms with Gasteiger partial charge in [0.2, 0.25) is 11.8 Å². The van der Waals surface area contributed by atoms with E-state index in [1.807, 2.05) is 54.6 Å². The number of anilines is 1. The summed E-state index contributed by atoms with van der Waals surface area (Å²) in [5.74, 6) is 0.278. The zero-order valence-corrected chi connectivity index (χ0v) is 19.1. The van der Waals surface area contributed by atoms with Gasteiger partial charge in [0.05, 0.1) is 29.5 Å². The molecule has 2 amide bonds. The van der Waals surface area contributed by atoms with Crippen LogP contribution in [0.25, 0.3) is 0 Å². The van der Waals surface area contributed by atoms with Gasteiger partial charge < -0.3 is 20.1 Å². The van der Waals surface area contributed by atoms with Gasteiger partial charge in [0.25, 0.3) is 0 Å². The molecule has 0 saturated heterocycles. The maximum atomic E-state index is 12.8. The minimum absolute atomic E-state index is 0.114. The number of carbonyl (C=O) groups is 3. The van der Waals surface area contributed by atoms with E-state index >= 15 is 0 Å². The van der Waals surface area contributed by atoms with Gasteiger partial charge in [-0.15, -0.1) is 0 Å². The topological polar surface area (TPSA) is 107 Å². The highest BCUT2D eigenvalue weighted by Gasteiger charge is 2.33. The zero-order chi connectivity index (χ0) is 23.5. The fourth-order valence-corrected chi connectivity index (χ4v) is 4.99. The van der Waals surface area contributed by atoms with Crippen LogP contribution >= 0.6 is 11.3 Å². The van der Waals surface area contributed by atoms with E-state index < -0.39 is 5.92 Å². The summed E-state index contributed by atoms with van der Waals surface area (Å²) < 4.78 is 11.5. The number of ether oxygens (including phenoxy) is 2. The minimum Gasteiger partial charge on any atom is -0.486 e. The maximum absolute atomic E-state index is 12.8. The van der Waals surface area contributed by atoms with Crippen molar-refractivity contribution < 1.29 is 23.9 Å². The average molecular weight is 478 g/mol. The zero-order valence-electron chi connectivity index (χ0n) is 18.3. The number of carbonyl (C=O) groups excluding carboxylic acids is 3. The minimum atomic E-state index is -0.508. The Hall–Kier alpha value is -3.72. The van der Waals surface area contributed by atoms with E-state index in [0.29, 0.717) is 40.2 Å². The summed E-state index contributed by atoms with van der Waals surface area (Å²) in [7, 11) is 0. The van der Waals surface area contributed by atoms with Gasteiger partial charge in [0.1, 0.15) is 12.7 Å². The molecular weight excluding hydrogens is 454 g/mol. The first-order valence-corrected chi connectivity index (χ1v) is 11.9. The Labute approximate surface area is 200 Å². The molecular formula is C25H23N3O5S. The predicted octanol–water partition coefficient (Wildman–Crippen LogP) is 3.03. The Balaban J connectivity index is 1.16. The number of hydrogen-bond donors (Lipinski definition) is 2. The van der Waals surface area contributed by atoms with E-state index in [1.165, 1.54) is 0 Å². The molecule has 0 radical (unpaired) electrons. The second-order valence-corrected chi connectivity index (χ2v) is 9.28. The van der Waals surface area contributed by atoms with Crippen molar-refractivity contribution in [2.45, 2.75) is 25.4 Å². The summed E-state index contributed by atoms with van der Waals surface area (Å²) in [6, 6.07) is 16.8. The number of aromatic nitrogens is 1. The van der Waals surface area contributed by atoms with Crippen molar-refractivity contribution in [2.75, 3.05) is 18.5 Å². The number of rotatable bonds is 6. The molecule has 1 aliphatic heterocycles. The van der Waals surface area contributed by atoms with E-state index in [1.54, 1.807) is 0 Å². The normalized spacial score (nSPS) is 18.6. The molecule has 2 aliphatic rings. The van der Waals surface area contributed by atoms with Gasteiger partial charge >= 0.3 is 0 Å². The molecule has 0 saturated carbocycles. The van der Waals surface area contributed by atoms with Crippen LogP contribution in [0.1, 0.15) is 27.3 Å². The molecule has 0 unspecified atom stereocenters. The lowest BCUT2D eigenvalue weighted by Gasteiger charge is -2.27. The van der Waals surface area contributed by atoms with Crippen molar-refractivity contribution in [1.82, 2.24) is 10.3 Å². The van der Waals surface area contributed by atoms with Gasteiger partial charge in [0.15, 0.2) is 22.4 Å². The first-order chi connectivity index (χ1) is 16.5. The smallest absolute Gasteiger partial charge is 0.230 e. The quantitative estimate of drug-likeness (QED) is 0.565. The fraction of sp³-hybridized carbons (Fsp3) is 0.280. The van der Waals surface area contributed by atoms with Crippen LogP contribution in [-0.4, -0.2) is 41.8 Å². The van der Waals surface area contributed by atoms with Gasteiger partial charge in [-0.2, -0.15) is 0 Å². The van der Waals surface area contributed by atoms with Crippen LogP contribution in [0, 0.1) is 5.92 Å². The molecule has 2 aromatic carbocycles. The number of Topliss-reactive ketones (excluding diaryl/α,β-unsaturated/α-hetero) is 1. The van der Waals surface area contributed by atoms with Crippen LogP contribution in [0.5, 0.6) is 11.5 Å². The SMILES string of the molecule is O=C(Cc1ccccc1)Nc1nc2c(s1)C(=O)C[C@H](C(=O)NC[C@@H]1COc3ccccc3O1)C2. The van der Waals surface area contributed by atoms with E-state index in [2.05, 4.69) is 15.6 Å². The molecule has 1 aliphatic carbocycles. The summed E-state index contributed by atoms with van der Waals surface area (Å²) in [6.45, 7) is 0.617. The van der Waals surface area contributed by atoms with E-state index in [0.717, 1.165) is 16.9 Å². The molecule has 0 spiro atoms. The first-order valence-electron chi connectivity index (χ1n) is 11.1. The number of nitrogens with zero attached hydrogens (tertiary/aromatic N) is 1. The fourth-order valence-electron chi connectivity index (χ4n) is 4.04. The highest BCUT2D eigenvalue weighted by molar-refractivity contribution is 7.17. The molecule has 0 bridgehead atoms. The highest BCUT2D eigenvalue weighted by atomic mass is 32.1. The van der Waals surface area contributed by atoms with Crippen molar-refractivity contribution in [1.29, 1.82) is 0 Å². The Morgan fingerprint density at radius 1 is 1.03 bits per heavy atom. The Bertz CT molecular complexity index is 1230. The molecule has 9 heteroatoms. The summed E-state index contributed by atoms with van der Waals surface area (Å²) in [5, 5.41) is 6.04. The third kappa shape index (κ3) is 4.94. The predicted molar refractivity (Wildman–Crippen MR) is 126 cm³/mol. The number of thiazole rings is 1. The molecule has 34 heavy (non-hydrogen) atoms. The lowest BCUT2D eigenvalue weighted by molar-refractivity contribution is -0.125. The van der Waals surface area contributed by atoms with E-state index in [-0.39, 0.29) is 43.1 Å². The first kappa shape index (κ1) is 22.1. The van der Waals surface area contributed by atoms with Gasteiger partial charge in [0, 0.05) is 12.8 Å². The third-order valence-corrected chi connectivity index (χ3v) is 6.77. The lowest BCUT2D eigenvalue weighted by Crippen LogP contribution is -2.44. The number of fused-ring (bicyclic) bond motifs is 2. The molecule has 1 aromatic heterocycles. The second kappa shape index (κ2) is 9.64. The van der Waals surface area contributed by atoms with E-state index in [9.17, 15) is 14.4 Å². The van der Waals surface area contributed by atoms with Crippen LogP contribution in [-0.2, 0) is 22.4 Å². The van der Waals surface area contributed by atoms with Gasteiger partial charge in [-0.3, -0.25) is 14.4 Å². The van der Waals surface area contributed by atoms with Crippen LogP contribution in [0.4, 0.5) is 5.13 Å². The highest BCUT2D eigenvalue weighted by Crippen LogP contribution is 2.33.